The molecule has 0 spiro atoms. The first kappa shape index (κ1) is 7.53. The molecule has 1 saturated carbocycles. The van der Waals surface area contributed by atoms with E-state index in [0.717, 1.165) is 0 Å². The van der Waals surface area contributed by atoms with Crippen molar-refractivity contribution in [1.82, 2.24) is 0 Å². The molecule has 1 atom stereocenters. The van der Waals surface area contributed by atoms with Crippen LogP contribution in [0.5, 0.6) is 0 Å². The lowest BCUT2D eigenvalue weighted by molar-refractivity contribution is -0.508. The Balaban J connectivity index is 2.00. The van der Waals surface area contributed by atoms with Crippen molar-refractivity contribution in [1.29, 1.82) is 0 Å². The molecule has 0 bridgehead atoms. The molecule has 2 aliphatic rings. The van der Waals surface area contributed by atoms with Gasteiger partial charge in [0.15, 0.2) is 0 Å². The summed E-state index contributed by atoms with van der Waals surface area (Å²) < 4.78 is 0. The van der Waals surface area contributed by atoms with Crippen LogP contribution in [0.25, 0.3) is 0 Å². The number of rotatable bonds is 2. The summed E-state index contributed by atoms with van der Waals surface area (Å²) in [5, 5.41) is 10.4. The Kier molecular flexibility index (Phi) is 1.71. The van der Waals surface area contributed by atoms with Crippen molar-refractivity contribution in [3.8, 4) is 0 Å². The third-order valence-electron chi connectivity index (χ3n) is 2.43. The summed E-state index contributed by atoms with van der Waals surface area (Å²) in [5.74, 6) is 0.717. The molecule has 0 aliphatic heterocycles. The van der Waals surface area contributed by atoms with Gasteiger partial charge >= 0.3 is 0 Å². The number of hydrogen-bond acceptors (Lipinski definition) is 2. The monoisotopic (exact) mass is 165 g/mol. The summed E-state index contributed by atoms with van der Waals surface area (Å²) >= 11 is 0. The maximum absolute atomic E-state index is 10.4. The second-order valence-electron chi connectivity index (χ2n) is 3.43. The largest absolute Gasteiger partial charge is 0.264 e. The lowest BCUT2D eigenvalue weighted by Crippen LogP contribution is -2.17. The zero-order chi connectivity index (χ0) is 8.55. The van der Waals surface area contributed by atoms with Gasteiger partial charge in [-0.05, 0) is 30.4 Å². The van der Waals surface area contributed by atoms with Crippen LogP contribution in [-0.2, 0) is 0 Å². The molecule has 2 aliphatic carbocycles. The molecule has 1 unspecified atom stereocenters. The van der Waals surface area contributed by atoms with Gasteiger partial charge in [0.1, 0.15) is 0 Å². The lowest BCUT2D eigenvalue weighted by Gasteiger charge is -2.08. The fourth-order valence-electron chi connectivity index (χ4n) is 1.50. The van der Waals surface area contributed by atoms with Crippen LogP contribution in [0.1, 0.15) is 19.3 Å². The molecule has 3 nitrogen and oxygen atoms in total. The second-order valence-corrected chi connectivity index (χ2v) is 3.43. The van der Waals surface area contributed by atoms with Gasteiger partial charge in [-0.15, -0.1) is 0 Å². The number of allylic oxidation sites excluding steroid dienone is 2. The van der Waals surface area contributed by atoms with Gasteiger partial charge in [-0.3, -0.25) is 10.1 Å². The molecular weight excluding hydrogens is 154 g/mol. The molecule has 2 rings (SSSR count). The van der Waals surface area contributed by atoms with Gasteiger partial charge < -0.3 is 0 Å². The molecule has 3 heteroatoms. The molecule has 1 fully saturated rings. The van der Waals surface area contributed by atoms with Crippen LogP contribution in [0, 0.1) is 16.0 Å². The second kappa shape index (κ2) is 2.73. The summed E-state index contributed by atoms with van der Waals surface area (Å²) in [5.41, 5.74) is 1.31. The fraction of sp³-hybridized carbons (Fsp3) is 0.556. The van der Waals surface area contributed by atoms with Crippen molar-refractivity contribution in [2.75, 3.05) is 0 Å². The number of hydrogen-bond donors (Lipinski definition) is 0. The average molecular weight is 165 g/mol. The molecular formula is C9H11NO2. The summed E-state index contributed by atoms with van der Waals surface area (Å²) in [6, 6.07) is -0.479. The Morgan fingerprint density at radius 1 is 1.50 bits per heavy atom. The fourth-order valence-corrected chi connectivity index (χ4v) is 1.50. The zero-order valence-corrected chi connectivity index (χ0v) is 6.77. The molecule has 0 heterocycles. The molecule has 0 aromatic heterocycles. The first-order chi connectivity index (χ1) is 5.77. The van der Waals surface area contributed by atoms with E-state index in [0.29, 0.717) is 12.3 Å². The van der Waals surface area contributed by atoms with Gasteiger partial charge in [-0.25, -0.2) is 0 Å². The van der Waals surface area contributed by atoms with E-state index < -0.39 is 6.04 Å². The van der Waals surface area contributed by atoms with E-state index in [1.807, 2.05) is 12.2 Å². The van der Waals surface area contributed by atoms with Crippen LogP contribution in [0.15, 0.2) is 23.8 Å². The molecule has 64 valence electrons. The normalized spacial score (nSPS) is 28.3. The highest BCUT2D eigenvalue weighted by Gasteiger charge is 2.27. The van der Waals surface area contributed by atoms with Crippen molar-refractivity contribution in [2.24, 2.45) is 5.92 Å². The third-order valence-corrected chi connectivity index (χ3v) is 2.43. The zero-order valence-electron chi connectivity index (χ0n) is 6.77. The van der Waals surface area contributed by atoms with Crippen LogP contribution in [0.4, 0.5) is 0 Å². The van der Waals surface area contributed by atoms with Crippen LogP contribution < -0.4 is 0 Å². The quantitative estimate of drug-likeness (QED) is 0.463. The molecule has 0 aromatic carbocycles. The standard InChI is InChI=1S/C9H11NO2/c11-10(12)9-5-3-8(4-6-9)7-1-2-7/h3-5,7,9H,1-2,6H2. The first-order valence-electron chi connectivity index (χ1n) is 4.29. The van der Waals surface area contributed by atoms with Crippen molar-refractivity contribution in [3.63, 3.8) is 0 Å². The summed E-state index contributed by atoms with van der Waals surface area (Å²) in [7, 11) is 0. The highest BCUT2D eigenvalue weighted by molar-refractivity contribution is 5.29. The first-order valence-corrected chi connectivity index (χ1v) is 4.29. The van der Waals surface area contributed by atoms with Gasteiger partial charge in [0, 0.05) is 11.3 Å². The topological polar surface area (TPSA) is 43.1 Å². The molecule has 0 N–H and O–H groups in total. The van der Waals surface area contributed by atoms with E-state index in [1.165, 1.54) is 18.4 Å². The highest BCUT2D eigenvalue weighted by Crippen LogP contribution is 2.38. The summed E-state index contributed by atoms with van der Waals surface area (Å²) in [6.07, 6.45) is 8.77. The Morgan fingerprint density at radius 3 is 2.67 bits per heavy atom. The molecule has 12 heavy (non-hydrogen) atoms. The Labute approximate surface area is 70.9 Å². The summed E-state index contributed by atoms with van der Waals surface area (Å²) in [4.78, 5) is 10.1. The van der Waals surface area contributed by atoms with Gasteiger partial charge in [0.05, 0.1) is 0 Å². The van der Waals surface area contributed by atoms with E-state index in [4.69, 9.17) is 0 Å². The maximum Gasteiger partial charge on any atom is 0.235 e. The van der Waals surface area contributed by atoms with Crippen LogP contribution >= 0.6 is 0 Å². The smallest absolute Gasteiger partial charge is 0.235 e. The van der Waals surface area contributed by atoms with Gasteiger partial charge in [-0.2, -0.15) is 0 Å². The van der Waals surface area contributed by atoms with E-state index in [1.54, 1.807) is 6.08 Å². The van der Waals surface area contributed by atoms with Crippen LogP contribution in [0.2, 0.25) is 0 Å². The third kappa shape index (κ3) is 1.40. The minimum atomic E-state index is -0.479. The number of nitro groups is 1. The Bertz CT molecular complexity index is 264. The lowest BCUT2D eigenvalue weighted by atomic mass is 10.0. The van der Waals surface area contributed by atoms with E-state index in [-0.39, 0.29) is 4.92 Å². The van der Waals surface area contributed by atoms with Crippen LogP contribution in [-0.4, -0.2) is 11.0 Å². The van der Waals surface area contributed by atoms with Gasteiger partial charge in [0.25, 0.3) is 0 Å². The van der Waals surface area contributed by atoms with Gasteiger partial charge in [-0.1, -0.05) is 12.2 Å². The average Bonchev–Trinajstić information content (AvgIpc) is 2.87. The Hall–Kier alpha value is -1.12. The Morgan fingerprint density at radius 2 is 2.25 bits per heavy atom. The highest BCUT2D eigenvalue weighted by atomic mass is 16.6. The summed E-state index contributed by atoms with van der Waals surface area (Å²) in [6.45, 7) is 0. The predicted octanol–water partition coefficient (Wildman–Crippen LogP) is 1.93. The van der Waals surface area contributed by atoms with Crippen molar-refractivity contribution in [3.05, 3.63) is 33.9 Å². The minimum absolute atomic E-state index is 0.226. The predicted molar refractivity (Wildman–Crippen MR) is 45.3 cm³/mol. The van der Waals surface area contributed by atoms with Gasteiger partial charge in [0.2, 0.25) is 6.04 Å². The minimum Gasteiger partial charge on any atom is -0.264 e. The molecule has 0 amide bonds. The molecule has 0 saturated heterocycles. The van der Waals surface area contributed by atoms with E-state index in [9.17, 15) is 10.1 Å². The van der Waals surface area contributed by atoms with E-state index >= 15 is 0 Å². The van der Waals surface area contributed by atoms with Crippen molar-refractivity contribution < 1.29 is 4.92 Å². The molecule has 0 aromatic rings. The van der Waals surface area contributed by atoms with Crippen molar-refractivity contribution >= 4 is 0 Å². The van der Waals surface area contributed by atoms with Crippen LogP contribution in [0.3, 0.4) is 0 Å². The molecule has 0 radical (unpaired) electrons. The maximum atomic E-state index is 10.4. The van der Waals surface area contributed by atoms with E-state index in [2.05, 4.69) is 0 Å². The van der Waals surface area contributed by atoms with Crippen molar-refractivity contribution in [2.45, 2.75) is 25.3 Å². The number of nitrogens with zero attached hydrogens (tertiary/aromatic N) is 1. The SMILES string of the molecule is O=[N+]([O-])C1C=CC(C2CC2)=CC1.